The first-order valence-electron chi connectivity index (χ1n) is 12.4. The number of ether oxygens (including phenoxy) is 2. The van der Waals surface area contributed by atoms with Crippen molar-refractivity contribution >= 4 is 0 Å². The molecule has 174 valence electrons. The van der Waals surface area contributed by atoms with Crippen LogP contribution in [0.3, 0.4) is 0 Å². The molecule has 2 rings (SSSR count). The first-order chi connectivity index (χ1) is 15.0. The first kappa shape index (κ1) is 25.5. The minimum absolute atomic E-state index is 0.263. The fourth-order valence-electron chi connectivity index (χ4n) is 4.14. The molecule has 0 aromatic heterocycles. The molecule has 0 bridgehead atoms. The third kappa shape index (κ3) is 9.95. The molecule has 0 unspecified atom stereocenters. The maximum atomic E-state index is 10.8. The average Bonchev–Trinajstić information content (AvgIpc) is 2.74. The van der Waals surface area contributed by atoms with E-state index in [4.69, 9.17) is 9.47 Å². The molecule has 1 aliphatic rings. The van der Waals surface area contributed by atoms with Gasteiger partial charge in [-0.3, -0.25) is 0 Å². The Kier molecular flexibility index (Phi) is 11.8. The van der Waals surface area contributed by atoms with Crippen molar-refractivity contribution in [3.05, 3.63) is 46.6 Å². The van der Waals surface area contributed by atoms with Crippen molar-refractivity contribution in [1.29, 1.82) is 0 Å². The van der Waals surface area contributed by atoms with Gasteiger partial charge in [0.05, 0.1) is 6.10 Å². The van der Waals surface area contributed by atoms with Crippen molar-refractivity contribution in [2.75, 3.05) is 6.79 Å². The lowest BCUT2D eigenvalue weighted by Crippen LogP contribution is -2.19. The summed E-state index contributed by atoms with van der Waals surface area (Å²) in [6.45, 7) is 8.92. The van der Waals surface area contributed by atoms with Crippen molar-refractivity contribution < 1.29 is 14.6 Å². The number of phenols is 1. The summed E-state index contributed by atoms with van der Waals surface area (Å²) in [6.07, 6.45) is 18.2. The zero-order chi connectivity index (χ0) is 22.5. The highest BCUT2D eigenvalue weighted by Gasteiger charge is 2.15. The van der Waals surface area contributed by atoms with Crippen LogP contribution in [0.2, 0.25) is 0 Å². The van der Waals surface area contributed by atoms with Gasteiger partial charge >= 0.3 is 0 Å². The second-order valence-electron chi connectivity index (χ2n) is 9.31. The molecule has 0 aliphatic heterocycles. The molecule has 1 aromatic carbocycles. The summed E-state index contributed by atoms with van der Waals surface area (Å²) in [5, 5.41) is 10.8. The van der Waals surface area contributed by atoms with Gasteiger partial charge in [0.1, 0.15) is 11.5 Å². The van der Waals surface area contributed by atoms with Crippen molar-refractivity contribution in [3.63, 3.8) is 0 Å². The van der Waals surface area contributed by atoms with Gasteiger partial charge in [-0.05, 0) is 83.4 Å². The standard InChI is InChI=1S/C28H44O3/c1-5-6-8-14-24-19-27(29)26(18-17-23(4)13-11-12-22(2)3)28(20-24)31-21-30-25-15-9-7-10-16-25/h12,17,19-20,25,29H,5-11,13-16,18,21H2,1-4H3. The average molecular weight is 429 g/mol. The number of hydrogen-bond donors (Lipinski definition) is 1. The van der Waals surface area contributed by atoms with Crippen LogP contribution in [0, 0.1) is 0 Å². The molecule has 3 heteroatoms. The van der Waals surface area contributed by atoms with Gasteiger partial charge in [0, 0.05) is 5.56 Å². The molecule has 0 radical (unpaired) electrons. The van der Waals surface area contributed by atoms with Gasteiger partial charge in [-0.25, -0.2) is 0 Å². The summed E-state index contributed by atoms with van der Waals surface area (Å²) < 4.78 is 12.1. The Balaban J connectivity index is 2.06. The summed E-state index contributed by atoms with van der Waals surface area (Å²) in [7, 11) is 0. The lowest BCUT2D eigenvalue weighted by molar-refractivity contribution is -0.0500. The summed E-state index contributed by atoms with van der Waals surface area (Å²) >= 11 is 0. The number of aryl methyl sites for hydroxylation is 1. The number of allylic oxidation sites excluding steroid dienone is 4. The van der Waals surface area contributed by atoms with Crippen LogP contribution in [-0.2, 0) is 17.6 Å². The maximum Gasteiger partial charge on any atom is 0.189 e. The van der Waals surface area contributed by atoms with Crippen molar-refractivity contribution in [2.45, 2.75) is 111 Å². The Labute approximate surface area is 190 Å². The van der Waals surface area contributed by atoms with E-state index in [0.717, 1.165) is 55.4 Å². The van der Waals surface area contributed by atoms with E-state index >= 15 is 0 Å². The van der Waals surface area contributed by atoms with Gasteiger partial charge in [0.2, 0.25) is 0 Å². The van der Waals surface area contributed by atoms with E-state index in [1.165, 1.54) is 43.3 Å². The highest BCUT2D eigenvalue weighted by Crippen LogP contribution is 2.32. The van der Waals surface area contributed by atoms with Gasteiger partial charge in [-0.15, -0.1) is 0 Å². The molecule has 1 aliphatic carbocycles. The molecule has 0 heterocycles. The normalized spacial score (nSPS) is 15.2. The smallest absolute Gasteiger partial charge is 0.189 e. The van der Waals surface area contributed by atoms with Gasteiger partial charge in [0.25, 0.3) is 0 Å². The Morgan fingerprint density at radius 1 is 1.06 bits per heavy atom. The monoisotopic (exact) mass is 428 g/mol. The topological polar surface area (TPSA) is 38.7 Å². The first-order valence-corrected chi connectivity index (χ1v) is 12.4. The van der Waals surface area contributed by atoms with Gasteiger partial charge in [-0.1, -0.05) is 62.3 Å². The van der Waals surface area contributed by atoms with Crippen LogP contribution in [0.15, 0.2) is 35.4 Å². The van der Waals surface area contributed by atoms with E-state index in [0.29, 0.717) is 18.3 Å². The van der Waals surface area contributed by atoms with E-state index in [9.17, 15) is 5.11 Å². The highest BCUT2D eigenvalue weighted by atomic mass is 16.7. The number of hydrogen-bond acceptors (Lipinski definition) is 3. The quantitative estimate of drug-likeness (QED) is 0.196. The number of benzene rings is 1. The van der Waals surface area contributed by atoms with Crippen LogP contribution in [-0.4, -0.2) is 18.0 Å². The minimum Gasteiger partial charge on any atom is -0.508 e. The van der Waals surface area contributed by atoms with Crippen LogP contribution in [0.5, 0.6) is 11.5 Å². The van der Waals surface area contributed by atoms with Crippen LogP contribution in [0.4, 0.5) is 0 Å². The van der Waals surface area contributed by atoms with Crippen molar-refractivity contribution in [3.8, 4) is 11.5 Å². The van der Waals surface area contributed by atoms with Crippen molar-refractivity contribution in [2.24, 2.45) is 0 Å². The Morgan fingerprint density at radius 3 is 2.55 bits per heavy atom. The number of unbranched alkanes of at least 4 members (excludes halogenated alkanes) is 2. The molecule has 3 nitrogen and oxygen atoms in total. The molecule has 1 N–H and O–H groups in total. The van der Waals surface area contributed by atoms with Gasteiger partial charge < -0.3 is 14.6 Å². The van der Waals surface area contributed by atoms with Crippen LogP contribution in [0.1, 0.15) is 103 Å². The number of aromatic hydroxyl groups is 1. The summed E-state index contributed by atoms with van der Waals surface area (Å²) in [6, 6.07) is 4.04. The number of rotatable bonds is 13. The Bertz CT molecular complexity index is 707. The zero-order valence-electron chi connectivity index (χ0n) is 20.3. The highest BCUT2D eigenvalue weighted by molar-refractivity contribution is 5.48. The SMILES string of the molecule is CCCCCc1cc(O)c(CC=C(C)CCC=C(C)C)c(OCOC2CCCCC2)c1. The summed E-state index contributed by atoms with van der Waals surface area (Å²) in [5.74, 6) is 1.12. The second-order valence-corrected chi connectivity index (χ2v) is 9.31. The van der Waals surface area contributed by atoms with E-state index in [1.54, 1.807) is 0 Å². The molecule has 31 heavy (non-hydrogen) atoms. The fourth-order valence-corrected chi connectivity index (χ4v) is 4.14. The lowest BCUT2D eigenvalue weighted by Gasteiger charge is -2.22. The molecule has 0 atom stereocenters. The third-order valence-electron chi connectivity index (χ3n) is 6.13. The molecule has 1 fully saturated rings. The predicted molar refractivity (Wildman–Crippen MR) is 131 cm³/mol. The van der Waals surface area contributed by atoms with Crippen molar-refractivity contribution in [1.82, 2.24) is 0 Å². The predicted octanol–water partition coefficient (Wildman–Crippen LogP) is 8.05. The van der Waals surface area contributed by atoms with E-state index in [2.05, 4.69) is 45.9 Å². The number of phenolic OH excluding ortho intramolecular Hbond substituents is 1. The molecular formula is C28H44O3. The van der Waals surface area contributed by atoms with Crippen LogP contribution in [0.25, 0.3) is 0 Å². The largest absolute Gasteiger partial charge is 0.508 e. The minimum atomic E-state index is 0.263. The maximum absolute atomic E-state index is 10.8. The van der Waals surface area contributed by atoms with E-state index in [-0.39, 0.29) is 6.79 Å². The molecule has 0 amide bonds. The molecule has 0 saturated heterocycles. The Morgan fingerprint density at radius 2 is 1.84 bits per heavy atom. The molecule has 1 saturated carbocycles. The Hall–Kier alpha value is -1.74. The van der Waals surface area contributed by atoms with E-state index < -0.39 is 0 Å². The fraction of sp³-hybridized carbons (Fsp3) is 0.643. The van der Waals surface area contributed by atoms with E-state index in [1.807, 2.05) is 6.07 Å². The lowest BCUT2D eigenvalue weighted by atomic mass is 9.98. The zero-order valence-corrected chi connectivity index (χ0v) is 20.3. The summed E-state index contributed by atoms with van der Waals surface area (Å²) in [5.41, 5.74) is 4.71. The summed E-state index contributed by atoms with van der Waals surface area (Å²) in [4.78, 5) is 0. The molecule has 0 spiro atoms. The van der Waals surface area contributed by atoms with Gasteiger partial charge in [-0.2, -0.15) is 0 Å². The third-order valence-corrected chi connectivity index (χ3v) is 6.13. The molecule has 1 aromatic rings. The second kappa shape index (κ2) is 14.3. The van der Waals surface area contributed by atoms with Gasteiger partial charge in [0.15, 0.2) is 6.79 Å². The van der Waals surface area contributed by atoms with Crippen LogP contribution < -0.4 is 4.74 Å². The van der Waals surface area contributed by atoms with Crippen LogP contribution >= 0.6 is 0 Å². The molecular weight excluding hydrogens is 384 g/mol.